The van der Waals surface area contributed by atoms with Gasteiger partial charge in [-0.15, -0.1) is 0 Å². The second kappa shape index (κ2) is 6.82. The summed E-state index contributed by atoms with van der Waals surface area (Å²) in [6.45, 7) is 6.61. The van der Waals surface area contributed by atoms with Gasteiger partial charge in [-0.1, -0.05) is 0 Å². The van der Waals surface area contributed by atoms with E-state index in [1.54, 1.807) is 12.1 Å². The van der Waals surface area contributed by atoms with Crippen LogP contribution in [0.25, 0.3) is 5.52 Å². The van der Waals surface area contributed by atoms with Crippen LogP contribution in [0.1, 0.15) is 42.5 Å². The minimum Gasteiger partial charge on any atom is -0.362 e. The number of fused-ring (bicyclic) bond motifs is 4. The van der Waals surface area contributed by atoms with Gasteiger partial charge in [-0.05, 0) is 32.4 Å². The zero-order valence-corrected chi connectivity index (χ0v) is 16.9. The third-order valence-corrected chi connectivity index (χ3v) is 6.24. The van der Waals surface area contributed by atoms with Crippen molar-refractivity contribution in [2.24, 2.45) is 0 Å². The first kappa shape index (κ1) is 18.6. The molecule has 3 aromatic heterocycles. The number of nitrogens with zero attached hydrogens (tertiary/aromatic N) is 8. The summed E-state index contributed by atoms with van der Waals surface area (Å²) >= 11 is 0. The predicted octanol–water partition coefficient (Wildman–Crippen LogP) is 2.39. The van der Waals surface area contributed by atoms with Crippen LogP contribution in [0.4, 0.5) is 10.1 Å². The Bertz CT molecular complexity index is 1230. The molecule has 30 heavy (non-hydrogen) atoms. The lowest BCUT2D eigenvalue weighted by Crippen LogP contribution is -2.39. The van der Waals surface area contributed by atoms with Crippen molar-refractivity contribution in [3.63, 3.8) is 0 Å². The van der Waals surface area contributed by atoms with Crippen LogP contribution in [0.3, 0.4) is 0 Å². The Labute approximate surface area is 173 Å². The van der Waals surface area contributed by atoms with Crippen LogP contribution in [0.5, 0.6) is 0 Å². The molecule has 0 bridgehead atoms. The summed E-state index contributed by atoms with van der Waals surface area (Å²) < 4.78 is 18.1. The number of nitriles is 2. The molecule has 152 valence electrons. The summed E-state index contributed by atoms with van der Waals surface area (Å²) in [6.07, 6.45) is 2.00. The third kappa shape index (κ3) is 2.66. The highest BCUT2D eigenvalue weighted by molar-refractivity contribution is 5.75. The molecular weight excluding hydrogens is 383 g/mol. The van der Waals surface area contributed by atoms with Gasteiger partial charge in [0.1, 0.15) is 17.3 Å². The van der Waals surface area contributed by atoms with Gasteiger partial charge < -0.3 is 4.90 Å². The molecule has 3 aromatic rings. The molecule has 0 amide bonds. The van der Waals surface area contributed by atoms with E-state index >= 15 is 0 Å². The fraction of sp³-hybridized carbons (Fsp3) is 0.429. The van der Waals surface area contributed by atoms with Crippen LogP contribution in [-0.2, 0) is 19.5 Å². The van der Waals surface area contributed by atoms with Crippen molar-refractivity contribution in [1.82, 2.24) is 24.3 Å². The number of hydrogen-bond donors (Lipinski definition) is 0. The molecule has 0 saturated carbocycles. The Balaban J connectivity index is 1.56. The molecule has 0 saturated heterocycles. The van der Waals surface area contributed by atoms with Crippen molar-refractivity contribution in [3.05, 3.63) is 46.8 Å². The van der Waals surface area contributed by atoms with E-state index in [2.05, 4.69) is 45.6 Å². The summed E-state index contributed by atoms with van der Waals surface area (Å²) in [5.74, 6) is -0.434. The van der Waals surface area contributed by atoms with E-state index < -0.39 is 5.82 Å². The molecule has 2 atom stereocenters. The minimum atomic E-state index is -0.434. The first-order chi connectivity index (χ1) is 14.5. The zero-order valence-electron chi connectivity index (χ0n) is 16.9. The molecule has 8 nitrogen and oxygen atoms in total. The molecule has 2 aliphatic rings. The molecule has 0 unspecified atom stereocenters. The van der Waals surface area contributed by atoms with E-state index in [4.69, 9.17) is 10.4 Å². The van der Waals surface area contributed by atoms with Gasteiger partial charge in [0, 0.05) is 24.7 Å². The van der Waals surface area contributed by atoms with Gasteiger partial charge in [-0.25, -0.2) is 8.91 Å². The third-order valence-electron chi connectivity index (χ3n) is 6.24. The van der Waals surface area contributed by atoms with Crippen LogP contribution >= 0.6 is 0 Å². The average molecular weight is 404 g/mol. The number of rotatable bonds is 2. The number of hydrogen-bond acceptors (Lipinski definition) is 6. The highest BCUT2D eigenvalue weighted by Crippen LogP contribution is 2.35. The summed E-state index contributed by atoms with van der Waals surface area (Å²) in [5.41, 5.74) is 4.79. The Morgan fingerprint density at radius 1 is 1.20 bits per heavy atom. The Morgan fingerprint density at radius 3 is 2.80 bits per heavy atom. The summed E-state index contributed by atoms with van der Waals surface area (Å²) in [4.78, 5) is 4.30. The zero-order chi connectivity index (χ0) is 21.0. The van der Waals surface area contributed by atoms with Gasteiger partial charge >= 0.3 is 0 Å². The number of pyridine rings is 1. The molecule has 0 aromatic carbocycles. The van der Waals surface area contributed by atoms with Gasteiger partial charge in [-0.3, -0.25) is 9.58 Å². The highest BCUT2D eigenvalue weighted by atomic mass is 19.1. The second-order valence-electron chi connectivity index (χ2n) is 8.13. The van der Waals surface area contributed by atoms with Crippen molar-refractivity contribution in [3.8, 4) is 12.1 Å². The molecule has 0 aliphatic carbocycles. The lowest BCUT2D eigenvalue weighted by atomic mass is 9.97. The topological polar surface area (TPSA) is 89.2 Å². The van der Waals surface area contributed by atoms with Crippen molar-refractivity contribution in [1.29, 1.82) is 10.5 Å². The molecule has 0 spiro atoms. The van der Waals surface area contributed by atoms with Crippen molar-refractivity contribution >= 4 is 11.2 Å². The van der Waals surface area contributed by atoms with E-state index in [0.29, 0.717) is 37.4 Å². The standard InChI is InChI=1S/C21H21FN8/c1-13-7-16-18(11-27(13)6-5-23)26-29-14(2)10-28(12-20(16)29)19-4-3-15(8-24)30-21(19)17(22)9-25-30/h3-4,9,13-14H,6-7,10-12H2,1-2H3/t13-,14+/m0/s1. The van der Waals surface area contributed by atoms with E-state index in [-0.39, 0.29) is 12.1 Å². The fourth-order valence-electron chi connectivity index (χ4n) is 4.74. The van der Waals surface area contributed by atoms with Crippen LogP contribution in [0.15, 0.2) is 18.3 Å². The molecule has 0 N–H and O–H groups in total. The van der Waals surface area contributed by atoms with Gasteiger partial charge in [0.2, 0.25) is 0 Å². The lowest BCUT2D eigenvalue weighted by molar-refractivity contribution is 0.205. The first-order valence-corrected chi connectivity index (χ1v) is 10.0. The van der Waals surface area contributed by atoms with Gasteiger partial charge in [0.25, 0.3) is 0 Å². The maximum atomic E-state index is 14.6. The van der Waals surface area contributed by atoms with E-state index in [0.717, 1.165) is 29.7 Å². The van der Waals surface area contributed by atoms with E-state index in [1.807, 2.05) is 0 Å². The summed E-state index contributed by atoms with van der Waals surface area (Å²) in [6, 6.07) is 8.18. The monoisotopic (exact) mass is 404 g/mol. The van der Waals surface area contributed by atoms with E-state index in [9.17, 15) is 9.65 Å². The summed E-state index contributed by atoms with van der Waals surface area (Å²) in [7, 11) is 0. The van der Waals surface area contributed by atoms with Crippen molar-refractivity contribution in [2.45, 2.75) is 45.4 Å². The molecule has 2 aliphatic heterocycles. The Kier molecular flexibility index (Phi) is 4.23. The smallest absolute Gasteiger partial charge is 0.171 e. The average Bonchev–Trinajstić information content (AvgIpc) is 3.29. The van der Waals surface area contributed by atoms with Gasteiger partial charge in [-0.2, -0.15) is 20.7 Å². The minimum absolute atomic E-state index is 0.112. The first-order valence-electron chi connectivity index (χ1n) is 10.0. The van der Waals surface area contributed by atoms with Crippen LogP contribution in [-0.4, -0.2) is 43.4 Å². The molecule has 9 heteroatoms. The van der Waals surface area contributed by atoms with Gasteiger partial charge in [0.05, 0.1) is 48.5 Å². The largest absolute Gasteiger partial charge is 0.362 e. The maximum Gasteiger partial charge on any atom is 0.171 e. The SMILES string of the molecule is C[C@@H]1CN(c2ccc(C#N)n3ncc(F)c23)Cc2c3c(nn21)CN(CC#N)[C@@H](C)C3. The maximum absolute atomic E-state index is 14.6. The predicted molar refractivity (Wildman–Crippen MR) is 107 cm³/mol. The Morgan fingerprint density at radius 2 is 2.03 bits per heavy atom. The molecule has 5 heterocycles. The van der Waals surface area contributed by atoms with Crippen LogP contribution in [0.2, 0.25) is 0 Å². The number of halogens is 1. The number of aromatic nitrogens is 4. The Hall–Kier alpha value is -3.43. The normalized spacial score (nSPS) is 21.2. The second-order valence-corrected chi connectivity index (χ2v) is 8.13. The molecular formula is C21H21FN8. The summed E-state index contributed by atoms with van der Waals surface area (Å²) in [5, 5.41) is 27.3. The van der Waals surface area contributed by atoms with Crippen molar-refractivity contribution < 1.29 is 4.39 Å². The lowest BCUT2D eigenvalue weighted by Gasteiger charge is -2.35. The fourth-order valence-corrected chi connectivity index (χ4v) is 4.74. The van der Waals surface area contributed by atoms with Gasteiger partial charge in [0.15, 0.2) is 5.82 Å². The van der Waals surface area contributed by atoms with Crippen molar-refractivity contribution in [2.75, 3.05) is 18.0 Å². The number of anilines is 1. The highest BCUT2D eigenvalue weighted by Gasteiger charge is 2.34. The molecule has 5 rings (SSSR count). The van der Waals surface area contributed by atoms with E-state index in [1.165, 1.54) is 10.1 Å². The molecule has 0 fully saturated rings. The van der Waals surface area contributed by atoms with Crippen LogP contribution in [0, 0.1) is 28.5 Å². The quantitative estimate of drug-likeness (QED) is 0.610. The van der Waals surface area contributed by atoms with Crippen LogP contribution < -0.4 is 4.90 Å². The molecule has 0 radical (unpaired) electrons.